The second kappa shape index (κ2) is 8.82. The molecule has 0 N–H and O–H groups in total. The number of hydrogen-bond acceptors (Lipinski definition) is 6. The molecule has 0 saturated heterocycles. The largest absolute Gasteiger partial charge is 0.867 e. The maximum atomic E-state index is 5.59. The monoisotopic (exact) mass is 344 g/mol. The van der Waals surface area contributed by atoms with Crippen molar-refractivity contribution in [2.75, 3.05) is 0 Å². The van der Waals surface area contributed by atoms with E-state index < -0.39 is 7.32 Å². The summed E-state index contributed by atoms with van der Waals surface area (Å²) in [5, 5.41) is 0. The maximum absolute atomic E-state index is 5.59. The van der Waals surface area contributed by atoms with Crippen molar-refractivity contribution in [2.45, 2.75) is 0 Å². The summed E-state index contributed by atoms with van der Waals surface area (Å²) in [6, 6.07) is 15.9. The predicted molar refractivity (Wildman–Crippen MR) is 80.3 cm³/mol. The van der Waals surface area contributed by atoms with Crippen LogP contribution >= 0.6 is 0 Å². The molecule has 0 atom stereocenters. The number of aromatic nitrogens is 3. The minimum absolute atomic E-state index is 0. The van der Waals surface area contributed by atoms with Crippen molar-refractivity contribution in [1.82, 2.24) is 15.0 Å². The minimum Gasteiger partial charge on any atom is -0.474 e. The molecular weight excluding hydrogens is 332 g/mol. The Hall–Kier alpha value is -2.50. The third kappa shape index (κ3) is 5.32. The van der Waals surface area contributed by atoms with Gasteiger partial charge in [-0.1, -0.05) is 18.2 Å². The van der Waals surface area contributed by atoms with Crippen molar-refractivity contribution in [1.29, 1.82) is 0 Å². The van der Waals surface area contributed by atoms with E-state index in [1.165, 1.54) is 0 Å². The molecule has 0 aromatic carbocycles. The van der Waals surface area contributed by atoms with E-state index in [0.29, 0.717) is 17.6 Å². The van der Waals surface area contributed by atoms with E-state index >= 15 is 0 Å². The van der Waals surface area contributed by atoms with Crippen LogP contribution < -0.4 is 14.0 Å². The zero-order chi connectivity index (χ0) is 15.0. The molecule has 0 aliphatic carbocycles. The van der Waals surface area contributed by atoms with Gasteiger partial charge in [0.05, 0.1) is 0 Å². The van der Waals surface area contributed by atoms with E-state index in [2.05, 4.69) is 15.0 Å². The summed E-state index contributed by atoms with van der Waals surface area (Å²) in [6.07, 6.45) is 4.86. The van der Waals surface area contributed by atoms with Crippen LogP contribution in [0.3, 0.4) is 0 Å². The Morgan fingerprint density at radius 3 is 1.17 bits per heavy atom. The summed E-state index contributed by atoms with van der Waals surface area (Å²) in [4.78, 5) is 12.2. The molecule has 0 fully saturated rings. The van der Waals surface area contributed by atoms with Gasteiger partial charge in [-0.15, -0.1) is 0 Å². The molecule has 6 nitrogen and oxygen atoms in total. The Morgan fingerprint density at radius 1 is 0.565 bits per heavy atom. The molecule has 3 heterocycles. The minimum atomic E-state index is -1.06. The van der Waals surface area contributed by atoms with Crippen molar-refractivity contribution in [2.24, 2.45) is 0 Å². The molecule has 0 aliphatic rings. The summed E-state index contributed by atoms with van der Waals surface area (Å²) in [5.41, 5.74) is 0. The summed E-state index contributed by atoms with van der Waals surface area (Å²) >= 11 is 0. The fraction of sp³-hybridized carbons (Fsp3) is 0. The number of rotatable bonds is 6. The van der Waals surface area contributed by atoms with E-state index in [9.17, 15) is 0 Å². The summed E-state index contributed by atoms with van der Waals surface area (Å²) in [6.45, 7) is 0. The third-order valence-electron chi connectivity index (χ3n) is 2.56. The summed E-state index contributed by atoms with van der Waals surface area (Å²) in [7, 11) is -1.06. The first-order chi connectivity index (χ1) is 10.9. The zero-order valence-corrected chi connectivity index (χ0v) is 13.4. The SMILES string of the molecule is [V].c1ccc(OB(Oc2ccccn2)Oc2ccccn2)nc1. The Labute approximate surface area is 145 Å². The fourth-order valence-electron chi connectivity index (χ4n) is 1.62. The molecule has 0 aliphatic heterocycles. The average molecular weight is 344 g/mol. The van der Waals surface area contributed by atoms with Crippen LogP contribution in [-0.4, -0.2) is 22.3 Å². The first-order valence-electron chi connectivity index (χ1n) is 6.63. The fourth-order valence-corrected chi connectivity index (χ4v) is 1.62. The molecule has 3 aromatic rings. The van der Waals surface area contributed by atoms with Crippen molar-refractivity contribution in [3.8, 4) is 17.6 Å². The summed E-state index contributed by atoms with van der Waals surface area (Å²) in [5.74, 6) is 1.12. The van der Waals surface area contributed by atoms with Gasteiger partial charge in [0.25, 0.3) is 0 Å². The summed E-state index contributed by atoms with van der Waals surface area (Å²) < 4.78 is 16.8. The molecule has 0 unspecified atom stereocenters. The van der Waals surface area contributed by atoms with Crippen LogP contribution in [0.1, 0.15) is 0 Å². The Kier molecular flexibility index (Phi) is 6.47. The number of nitrogens with zero attached hydrogens (tertiary/aromatic N) is 3. The maximum Gasteiger partial charge on any atom is 0.867 e. The molecule has 23 heavy (non-hydrogen) atoms. The molecule has 0 saturated carbocycles. The van der Waals surface area contributed by atoms with Crippen molar-refractivity contribution in [3.05, 3.63) is 73.2 Å². The van der Waals surface area contributed by atoms with Gasteiger partial charge in [0.1, 0.15) is 0 Å². The molecule has 3 aromatic heterocycles. The van der Waals surface area contributed by atoms with E-state index in [4.69, 9.17) is 14.0 Å². The van der Waals surface area contributed by atoms with Crippen LogP contribution in [-0.2, 0) is 18.6 Å². The quantitative estimate of drug-likeness (QED) is 0.640. The molecular formula is C15H12BN3O3V. The standard InChI is InChI=1S/C15H12BN3O3.V/c1-4-10-17-13(7-1)20-16(21-14-8-2-5-11-18-14)22-15-9-3-6-12-19-15;/h1-12H;. The smallest absolute Gasteiger partial charge is 0.474 e. The van der Waals surface area contributed by atoms with Crippen LogP contribution in [0, 0.1) is 0 Å². The first-order valence-corrected chi connectivity index (χ1v) is 6.63. The van der Waals surface area contributed by atoms with Crippen molar-refractivity contribution >= 4 is 7.32 Å². The van der Waals surface area contributed by atoms with Gasteiger partial charge in [0.2, 0.25) is 0 Å². The van der Waals surface area contributed by atoms with E-state index in [1.807, 2.05) is 0 Å². The number of hydrogen-bond donors (Lipinski definition) is 0. The van der Waals surface area contributed by atoms with Crippen LogP contribution in [0.25, 0.3) is 0 Å². The Bertz CT molecular complexity index is 593. The van der Waals surface area contributed by atoms with E-state index in [0.717, 1.165) is 0 Å². The van der Waals surface area contributed by atoms with Gasteiger partial charge in [0, 0.05) is 37.1 Å². The first kappa shape index (κ1) is 16.9. The molecule has 1 radical (unpaired) electrons. The van der Waals surface area contributed by atoms with Gasteiger partial charge in [-0.2, -0.15) is 0 Å². The second-order valence-corrected chi connectivity index (χ2v) is 4.15. The van der Waals surface area contributed by atoms with Gasteiger partial charge in [0.15, 0.2) is 17.6 Å². The van der Waals surface area contributed by atoms with Gasteiger partial charge in [-0.3, -0.25) is 0 Å². The Morgan fingerprint density at radius 2 is 0.913 bits per heavy atom. The molecule has 0 bridgehead atoms. The van der Waals surface area contributed by atoms with Gasteiger partial charge in [-0.05, 0) is 36.4 Å². The number of pyridine rings is 3. The van der Waals surface area contributed by atoms with Crippen LogP contribution in [0.5, 0.6) is 17.6 Å². The third-order valence-corrected chi connectivity index (χ3v) is 2.56. The predicted octanol–water partition coefficient (Wildman–Crippen LogP) is 2.39. The average Bonchev–Trinajstić information content (AvgIpc) is 2.57. The van der Waals surface area contributed by atoms with E-state index in [-0.39, 0.29) is 18.6 Å². The van der Waals surface area contributed by atoms with E-state index in [1.54, 1.807) is 73.2 Å². The zero-order valence-electron chi connectivity index (χ0n) is 12.0. The van der Waals surface area contributed by atoms with Crippen LogP contribution in [0.4, 0.5) is 0 Å². The van der Waals surface area contributed by atoms with Crippen molar-refractivity contribution in [3.63, 3.8) is 0 Å². The molecule has 0 amide bonds. The molecule has 113 valence electrons. The normalized spacial score (nSPS) is 9.39. The second-order valence-electron chi connectivity index (χ2n) is 4.15. The van der Waals surface area contributed by atoms with Gasteiger partial charge in [-0.25, -0.2) is 15.0 Å². The van der Waals surface area contributed by atoms with Crippen LogP contribution in [0.15, 0.2) is 73.2 Å². The molecule has 0 spiro atoms. The molecule has 3 rings (SSSR count). The van der Waals surface area contributed by atoms with Gasteiger partial charge < -0.3 is 14.0 Å². The Balaban J connectivity index is 0.00000192. The van der Waals surface area contributed by atoms with Crippen LogP contribution in [0.2, 0.25) is 0 Å². The van der Waals surface area contributed by atoms with Crippen molar-refractivity contribution < 1.29 is 32.5 Å². The topological polar surface area (TPSA) is 66.4 Å². The van der Waals surface area contributed by atoms with Gasteiger partial charge >= 0.3 is 7.32 Å². The molecule has 8 heteroatoms.